The van der Waals surface area contributed by atoms with Crippen molar-refractivity contribution in [3.8, 4) is 5.69 Å². The van der Waals surface area contributed by atoms with E-state index in [1.807, 2.05) is 18.3 Å². The fourth-order valence-electron chi connectivity index (χ4n) is 4.54. The molecule has 4 rings (SSSR count). The summed E-state index contributed by atoms with van der Waals surface area (Å²) in [6, 6.07) is 17.1. The van der Waals surface area contributed by atoms with Gasteiger partial charge in [-0.05, 0) is 75.3 Å². The number of aromatic nitrogens is 2. The molecule has 1 fully saturated rings. The number of nitrogens with one attached hydrogen (secondary N) is 1. The predicted octanol–water partition coefficient (Wildman–Crippen LogP) is 4.81. The van der Waals surface area contributed by atoms with Crippen LogP contribution in [0.4, 0.5) is 0 Å². The van der Waals surface area contributed by atoms with Crippen LogP contribution >= 0.6 is 12.2 Å². The average Bonchev–Trinajstić information content (AvgIpc) is 3.25. The van der Waals surface area contributed by atoms with E-state index >= 15 is 0 Å². The normalized spacial score (nSPS) is 18.5. The second-order valence-corrected chi connectivity index (χ2v) is 8.55. The average molecular weight is 435 g/mol. The molecule has 31 heavy (non-hydrogen) atoms. The Morgan fingerprint density at radius 3 is 2.55 bits per heavy atom. The molecule has 1 aliphatic heterocycles. The van der Waals surface area contributed by atoms with Crippen LogP contribution in [0.1, 0.15) is 46.7 Å². The standard InChI is InChI=1S/C25H30N4OS/c1-17-9-11-20(12-10-17)29-18(2)16-21(19(29)3)24-23(22-8-5-6-13-26-22)27-25(31)28(24)14-7-15-30-4/h5-6,8-13,16,23-24H,7,14-15H2,1-4H3,(H,27,31)/t23-,24+/m1/s1. The number of benzene rings is 1. The molecular formula is C25H30N4OS. The molecule has 5 nitrogen and oxygen atoms in total. The van der Waals surface area contributed by atoms with Gasteiger partial charge in [-0.2, -0.15) is 0 Å². The SMILES string of the molecule is COCCCN1C(=S)N[C@H](c2ccccn2)[C@@H]1c1cc(C)n(-c2ccc(C)cc2)c1C. The summed E-state index contributed by atoms with van der Waals surface area (Å²) in [7, 11) is 1.74. The number of methoxy groups -OCH3 is 1. The van der Waals surface area contributed by atoms with E-state index < -0.39 is 0 Å². The third-order valence-corrected chi connectivity index (χ3v) is 6.38. The summed E-state index contributed by atoms with van der Waals surface area (Å²) in [6.45, 7) is 8.03. The number of aryl methyl sites for hydroxylation is 2. The fraction of sp³-hybridized carbons (Fsp3) is 0.360. The number of rotatable bonds is 7. The van der Waals surface area contributed by atoms with Gasteiger partial charge in [-0.1, -0.05) is 23.8 Å². The van der Waals surface area contributed by atoms with Crippen molar-refractivity contribution in [2.24, 2.45) is 0 Å². The van der Waals surface area contributed by atoms with E-state index in [1.54, 1.807) is 7.11 Å². The van der Waals surface area contributed by atoms with Crippen molar-refractivity contribution in [3.05, 3.63) is 82.9 Å². The Morgan fingerprint density at radius 2 is 1.87 bits per heavy atom. The molecule has 0 radical (unpaired) electrons. The molecule has 1 N–H and O–H groups in total. The quantitative estimate of drug-likeness (QED) is 0.427. The van der Waals surface area contributed by atoms with Gasteiger partial charge in [0.2, 0.25) is 0 Å². The molecule has 0 aliphatic carbocycles. The maximum atomic E-state index is 5.77. The predicted molar refractivity (Wildman–Crippen MR) is 129 cm³/mol. The van der Waals surface area contributed by atoms with Gasteiger partial charge >= 0.3 is 0 Å². The van der Waals surface area contributed by atoms with Crippen molar-refractivity contribution in [2.75, 3.05) is 20.3 Å². The highest BCUT2D eigenvalue weighted by molar-refractivity contribution is 7.80. The molecule has 0 unspecified atom stereocenters. The number of hydrogen-bond donors (Lipinski definition) is 1. The molecular weight excluding hydrogens is 404 g/mol. The molecule has 6 heteroatoms. The van der Waals surface area contributed by atoms with Gasteiger partial charge in [-0.15, -0.1) is 0 Å². The minimum absolute atomic E-state index is 0.00297. The van der Waals surface area contributed by atoms with Crippen LogP contribution in [0.5, 0.6) is 0 Å². The number of ether oxygens (including phenoxy) is 1. The van der Waals surface area contributed by atoms with E-state index in [0.717, 1.165) is 23.8 Å². The van der Waals surface area contributed by atoms with Crippen LogP contribution in [0.25, 0.3) is 5.69 Å². The lowest BCUT2D eigenvalue weighted by Crippen LogP contribution is -2.31. The highest BCUT2D eigenvalue weighted by Gasteiger charge is 2.41. The second-order valence-electron chi connectivity index (χ2n) is 8.16. The van der Waals surface area contributed by atoms with E-state index in [1.165, 1.54) is 28.2 Å². The van der Waals surface area contributed by atoms with Crippen molar-refractivity contribution in [1.82, 2.24) is 19.8 Å². The molecule has 162 valence electrons. The van der Waals surface area contributed by atoms with Gasteiger partial charge in [0, 0.05) is 43.5 Å². The van der Waals surface area contributed by atoms with Crippen LogP contribution in [0, 0.1) is 20.8 Å². The molecule has 3 aromatic rings. The molecule has 0 bridgehead atoms. The lowest BCUT2D eigenvalue weighted by atomic mass is 9.96. The van der Waals surface area contributed by atoms with E-state index in [9.17, 15) is 0 Å². The Balaban J connectivity index is 1.78. The molecule has 2 aromatic heterocycles. The van der Waals surface area contributed by atoms with E-state index in [0.29, 0.717) is 6.61 Å². The number of thiocarbonyl (C=S) groups is 1. The van der Waals surface area contributed by atoms with Crippen LogP contribution in [-0.4, -0.2) is 39.8 Å². The molecule has 0 amide bonds. The first-order chi connectivity index (χ1) is 15.0. The fourth-order valence-corrected chi connectivity index (χ4v) is 4.87. The third kappa shape index (κ3) is 4.23. The van der Waals surface area contributed by atoms with Crippen molar-refractivity contribution >= 4 is 17.3 Å². The smallest absolute Gasteiger partial charge is 0.170 e. The van der Waals surface area contributed by atoms with Crippen molar-refractivity contribution < 1.29 is 4.74 Å². The van der Waals surface area contributed by atoms with Crippen LogP contribution in [-0.2, 0) is 4.74 Å². The summed E-state index contributed by atoms with van der Waals surface area (Å²) < 4.78 is 7.63. The van der Waals surface area contributed by atoms with Gasteiger partial charge in [0.15, 0.2) is 5.11 Å². The summed E-state index contributed by atoms with van der Waals surface area (Å²) in [4.78, 5) is 6.95. The van der Waals surface area contributed by atoms with Gasteiger partial charge in [0.05, 0.1) is 17.8 Å². The molecule has 1 aliphatic rings. The first kappa shape index (κ1) is 21.5. The maximum absolute atomic E-state index is 5.77. The largest absolute Gasteiger partial charge is 0.385 e. The highest BCUT2D eigenvalue weighted by atomic mass is 32.1. The lowest BCUT2D eigenvalue weighted by Gasteiger charge is -2.28. The second kappa shape index (κ2) is 9.20. The molecule has 1 aromatic carbocycles. The van der Waals surface area contributed by atoms with Crippen molar-refractivity contribution in [3.63, 3.8) is 0 Å². The van der Waals surface area contributed by atoms with Gasteiger partial charge in [0.25, 0.3) is 0 Å². The zero-order valence-electron chi connectivity index (χ0n) is 18.6. The Hall–Kier alpha value is -2.70. The third-order valence-electron chi connectivity index (χ3n) is 6.03. The van der Waals surface area contributed by atoms with Crippen LogP contribution in [0.3, 0.4) is 0 Å². The minimum atomic E-state index is 0.00297. The first-order valence-electron chi connectivity index (χ1n) is 10.7. The highest BCUT2D eigenvalue weighted by Crippen LogP contribution is 2.41. The maximum Gasteiger partial charge on any atom is 0.170 e. The van der Waals surface area contributed by atoms with Crippen LogP contribution in [0.2, 0.25) is 0 Å². The van der Waals surface area contributed by atoms with Crippen LogP contribution < -0.4 is 5.32 Å². The van der Waals surface area contributed by atoms with Gasteiger partial charge in [-0.3, -0.25) is 4.98 Å². The topological polar surface area (TPSA) is 42.3 Å². The van der Waals surface area contributed by atoms with E-state index in [4.69, 9.17) is 17.0 Å². The van der Waals surface area contributed by atoms with Crippen LogP contribution in [0.15, 0.2) is 54.7 Å². The minimum Gasteiger partial charge on any atom is -0.385 e. The summed E-state index contributed by atoms with van der Waals surface area (Å²) in [6.07, 6.45) is 2.76. The Morgan fingerprint density at radius 1 is 1.10 bits per heavy atom. The summed E-state index contributed by atoms with van der Waals surface area (Å²) >= 11 is 5.77. The Bertz CT molecular complexity index is 1050. The van der Waals surface area contributed by atoms with E-state index in [2.05, 4.69) is 76.9 Å². The van der Waals surface area contributed by atoms with E-state index in [-0.39, 0.29) is 12.1 Å². The molecule has 2 atom stereocenters. The summed E-state index contributed by atoms with van der Waals surface area (Å²) in [5.41, 5.74) is 7.17. The monoisotopic (exact) mass is 434 g/mol. The van der Waals surface area contributed by atoms with Crippen molar-refractivity contribution in [2.45, 2.75) is 39.3 Å². The zero-order chi connectivity index (χ0) is 22.0. The molecule has 1 saturated heterocycles. The van der Waals surface area contributed by atoms with Gasteiger partial charge in [-0.25, -0.2) is 0 Å². The van der Waals surface area contributed by atoms with Gasteiger partial charge < -0.3 is 19.5 Å². The summed E-state index contributed by atoms with van der Waals surface area (Å²) in [5.74, 6) is 0. The number of nitrogens with zero attached hydrogens (tertiary/aromatic N) is 3. The molecule has 3 heterocycles. The number of pyridine rings is 1. The van der Waals surface area contributed by atoms with Gasteiger partial charge in [0.1, 0.15) is 0 Å². The Kier molecular flexibility index (Phi) is 6.39. The van der Waals surface area contributed by atoms with Crippen molar-refractivity contribution in [1.29, 1.82) is 0 Å². The zero-order valence-corrected chi connectivity index (χ0v) is 19.4. The first-order valence-corrected chi connectivity index (χ1v) is 11.1. The molecule has 0 saturated carbocycles. The summed E-state index contributed by atoms with van der Waals surface area (Å²) in [5, 5.41) is 4.32. The Labute approximate surface area is 190 Å². The number of hydrogen-bond acceptors (Lipinski definition) is 3. The molecule has 0 spiro atoms. The lowest BCUT2D eigenvalue weighted by molar-refractivity contribution is 0.180.